The average Bonchev–Trinajstić information content (AvgIpc) is 2.34. The molecule has 0 atom stereocenters. The van der Waals surface area contributed by atoms with Crippen molar-refractivity contribution in [2.45, 2.75) is 45.5 Å². The van der Waals surface area contributed by atoms with Crippen molar-refractivity contribution >= 4 is 11.6 Å². The summed E-state index contributed by atoms with van der Waals surface area (Å²) < 4.78 is 36.5. The largest absolute Gasteiger partial charge is 0.399 e. The van der Waals surface area contributed by atoms with Crippen LogP contribution in [0.4, 0.5) is 18.9 Å². The summed E-state index contributed by atoms with van der Waals surface area (Å²) >= 11 is 0. The number of nitrogen functional groups attached to an aromatic ring is 1. The first kappa shape index (κ1) is 16.3. The van der Waals surface area contributed by atoms with Crippen LogP contribution in [0.3, 0.4) is 0 Å². The molecule has 0 saturated heterocycles. The van der Waals surface area contributed by atoms with Crippen LogP contribution in [-0.4, -0.2) is 23.0 Å². The molecule has 0 aliphatic heterocycles. The zero-order valence-corrected chi connectivity index (χ0v) is 11.6. The summed E-state index contributed by atoms with van der Waals surface area (Å²) in [6.07, 6.45) is -5.91. The summed E-state index contributed by atoms with van der Waals surface area (Å²) in [7, 11) is 0. The highest BCUT2D eigenvalue weighted by molar-refractivity contribution is 5.76. The molecule has 20 heavy (non-hydrogen) atoms. The maximum absolute atomic E-state index is 12.2. The van der Waals surface area contributed by atoms with E-state index in [0.717, 1.165) is 5.56 Å². The van der Waals surface area contributed by atoms with Crippen molar-refractivity contribution in [1.29, 1.82) is 0 Å². The second-order valence-electron chi connectivity index (χ2n) is 4.97. The van der Waals surface area contributed by atoms with Crippen LogP contribution in [0, 0.1) is 0 Å². The van der Waals surface area contributed by atoms with E-state index in [1.165, 1.54) is 4.90 Å². The molecular weight excluding hydrogens is 269 g/mol. The standard InChI is InChI=1S/C14H19F3N2O/c1-10(2)19(13(20)7-8-14(15,16)17)9-11-3-5-12(18)6-4-11/h3-6,10H,7-9,18H2,1-2H3. The summed E-state index contributed by atoms with van der Waals surface area (Å²) in [6, 6.07) is 6.78. The van der Waals surface area contributed by atoms with Gasteiger partial charge in [0.25, 0.3) is 0 Å². The van der Waals surface area contributed by atoms with Gasteiger partial charge >= 0.3 is 6.18 Å². The van der Waals surface area contributed by atoms with Gasteiger partial charge in [0.1, 0.15) is 0 Å². The van der Waals surface area contributed by atoms with E-state index in [4.69, 9.17) is 5.73 Å². The molecule has 0 aliphatic rings. The highest BCUT2D eigenvalue weighted by atomic mass is 19.4. The predicted molar refractivity (Wildman–Crippen MR) is 71.8 cm³/mol. The molecule has 0 fully saturated rings. The number of nitrogens with two attached hydrogens (primary N) is 1. The Morgan fingerprint density at radius 1 is 1.25 bits per heavy atom. The number of alkyl halides is 3. The number of carbonyl (C=O) groups excluding carboxylic acids is 1. The van der Waals surface area contributed by atoms with Crippen LogP contribution < -0.4 is 5.73 Å². The van der Waals surface area contributed by atoms with E-state index in [0.29, 0.717) is 5.69 Å². The van der Waals surface area contributed by atoms with Gasteiger partial charge in [0.05, 0.1) is 6.42 Å². The van der Waals surface area contributed by atoms with Gasteiger partial charge in [-0.2, -0.15) is 13.2 Å². The number of rotatable bonds is 5. The van der Waals surface area contributed by atoms with Crippen molar-refractivity contribution in [2.24, 2.45) is 0 Å². The van der Waals surface area contributed by atoms with Crippen LogP contribution in [0.25, 0.3) is 0 Å². The maximum atomic E-state index is 12.2. The first-order chi connectivity index (χ1) is 9.19. The number of carbonyl (C=O) groups is 1. The third kappa shape index (κ3) is 5.50. The van der Waals surface area contributed by atoms with Crippen molar-refractivity contribution in [3.63, 3.8) is 0 Å². The van der Waals surface area contributed by atoms with Crippen LogP contribution in [-0.2, 0) is 11.3 Å². The molecule has 112 valence electrons. The Morgan fingerprint density at radius 2 is 1.80 bits per heavy atom. The summed E-state index contributed by atoms with van der Waals surface area (Å²) in [5.74, 6) is -0.492. The smallest absolute Gasteiger partial charge is 0.389 e. The Balaban J connectivity index is 2.69. The first-order valence-corrected chi connectivity index (χ1v) is 6.39. The van der Waals surface area contributed by atoms with Gasteiger partial charge < -0.3 is 10.6 Å². The molecule has 1 amide bonds. The SMILES string of the molecule is CC(C)N(Cc1ccc(N)cc1)C(=O)CCC(F)(F)F. The average molecular weight is 288 g/mol. The molecular formula is C14H19F3N2O. The normalized spacial score (nSPS) is 11.7. The molecule has 0 aromatic heterocycles. The molecule has 1 rings (SSSR count). The van der Waals surface area contributed by atoms with Crippen molar-refractivity contribution in [3.05, 3.63) is 29.8 Å². The van der Waals surface area contributed by atoms with Gasteiger partial charge in [-0.3, -0.25) is 4.79 Å². The van der Waals surface area contributed by atoms with E-state index in [9.17, 15) is 18.0 Å². The molecule has 6 heteroatoms. The molecule has 3 nitrogen and oxygen atoms in total. The number of benzene rings is 1. The summed E-state index contributed by atoms with van der Waals surface area (Å²) in [5, 5.41) is 0. The third-order valence-corrected chi connectivity index (χ3v) is 2.90. The van der Waals surface area contributed by atoms with Crippen LogP contribution in [0.1, 0.15) is 32.3 Å². The first-order valence-electron chi connectivity index (χ1n) is 6.39. The van der Waals surface area contributed by atoms with Gasteiger partial charge in [0, 0.05) is 24.7 Å². The Bertz CT molecular complexity index is 441. The summed E-state index contributed by atoms with van der Waals surface area (Å²) in [6.45, 7) is 3.85. The van der Waals surface area contributed by atoms with E-state index in [-0.39, 0.29) is 12.6 Å². The van der Waals surface area contributed by atoms with E-state index in [2.05, 4.69) is 0 Å². The minimum Gasteiger partial charge on any atom is -0.399 e. The fraction of sp³-hybridized carbons (Fsp3) is 0.500. The lowest BCUT2D eigenvalue weighted by Gasteiger charge is -2.27. The fourth-order valence-corrected chi connectivity index (χ4v) is 1.77. The number of halogens is 3. The van der Waals surface area contributed by atoms with Crippen molar-refractivity contribution in [1.82, 2.24) is 4.90 Å². The molecule has 0 unspecified atom stereocenters. The highest BCUT2D eigenvalue weighted by Gasteiger charge is 2.29. The molecule has 1 aromatic rings. The lowest BCUT2D eigenvalue weighted by atomic mass is 10.1. The highest BCUT2D eigenvalue weighted by Crippen LogP contribution is 2.22. The van der Waals surface area contributed by atoms with Gasteiger partial charge in [-0.1, -0.05) is 12.1 Å². The quantitative estimate of drug-likeness (QED) is 0.845. The number of hydrogen-bond acceptors (Lipinski definition) is 2. The van der Waals surface area contributed by atoms with Crippen molar-refractivity contribution in [2.75, 3.05) is 5.73 Å². The molecule has 0 heterocycles. The lowest BCUT2D eigenvalue weighted by molar-refractivity contribution is -0.150. The zero-order valence-electron chi connectivity index (χ0n) is 11.6. The second kappa shape index (κ2) is 6.63. The maximum Gasteiger partial charge on any atom is 0.389 e. The Morgan fingerprint density at radius 3 is 2.25 bits per heavy atom. The van der Waals surface area contributed by atoms with E-state index in [1.54, 1.807) is 38.1 Å². The summed E-state index contributed by atoms with van der Waals surface area (Å²) in [5.41, 5.74) is 7.01. The molecule has 2 N–H and O–H groups in total. The predicted octanol–water partition coefficient (Wildman–Crippen LogP) is 3.35. The minimum absolute atomic E-state index is 0.159. The van der Waals surface area contributed by atoms with Crippen LogP contribution in [0.2, 0.25) is 0 Å². The number of amides is 1. The summed E-state index contributed by atoms with van der Waals surface area (Å²) in [4.78, 5) is 13.3. The van der Waals surface area contributed by atoms with E-state index in [1.807, 2.05) is 0 Å². The molecule has 1 aromatic carbocycles. The molecule has 0 saturated carbocycles. The van der Waals surface area contributed by atoms with E-state index >= 15 is 0 Å². The Hall–Kier alpha value is -1.72. The molecule has 0 bridgehead atoms. The topological polar surface area (TPSA) is 46.3 Å². The van der Waals surface area contributed by atoms with Crippen LogP contribution in [0.15, 0.2) is 24.3 Å². The van der Waals surface area contributed by atoms with Gasteiger partial charge in [-0.15, -0.1) is 0 Å². The molecule has 0 spiro atoms. The number of nitrogens with zero attached hydrogens (tertiary/aromatic N) is 1. The monoisotopic (exact) mass is 288 g/mol. The van der Waals surface area contributed by atoms with E-state index < -0.39 is 24.9 Å². The molecule has 0 aliphatic carbocycles. The zero-order chi connectivity index (χ0) is 15.3. The Kier molecular flexibility index (Phi) is 5.42. The van der Waals surface area contributed by atoms with Gasteiger partial charge in [-0.05, 0) is 31.5 Å². The lowest BCUT2D eigenvalue weighted by Crippen LogP contribution is -2.36. The van der Waals surface area contributed by atoms with Crippen LogP contribution in [0.5, 0.6) is 0 Å². The third-order valence-electron chi connectivity index (χ3n) is 2.90. The van der Waals surface area contributed by atoms with Gasteiger partial charge in [-0.25, -0.2) is 0 Å². The fourth-order valence-electron chi connectivity index (χ4n) is 1.77. The van der Waals surface area contributed by atoms with Crippen molar-refractivity contribution in [3.8, 4) is 0 Å². The minimum atomic E-state index is -4.31. The number of hydrogen-bond donors (Lipinski definition) is 1. The second-order valence-corrected chi connectivity index (χ2v) is 4.97. The van der Waals surface area contributed by atoms with Crippen LogP contribution >= 0.6 is 0 Å². The number of anilines is 1. The van der Waals surface area contributed by atoms with Gasteiger partial charge in [0.2, 0.25) is 5.91 Å². The van der Waals surface area contributed by atoms with Gasteiger partial charge in [0.15, 0.2) is 0 Å². The molecule has 0 radical (unpaired) electrons. The van der Waals surface area contributed by atoms with Crippen molar-refractivity contribution < 1.29 is 18.0 Å². The Labute approximate surface area is 116 Å².